The lowest BCUT2D eigenvalue weighted by Gasteiger charge is -2.12. The van der Waals surface area contributed by atoms with E-state index in [0.717, 1.165) is 16.4 Å². The summed E-state index contributed by atoms with van der Waals surface area (Å²) in [7, 11) is 0. The van der Waals surface area contributed by atoms with Crippen LogP contribution in [-0.2, 0) is 4.79 Å². The van der Waals surface area contributed by atoms with E-state index in [1.807, 2.05) is 23.6 Å². The molecule has 3 rings (SSSR count). The van der Waals surface area contributed by atoms with Crippen molar-refractivity contribution in [3.63, 3.8) is 0 Å². The third-order valence-electron chi connectivity index (χ3n) is 3.75. The summed E-state index contributed by atoms with van der Waals surface area (Å²) in [5.41, 5.74) is 3.19. The monoisotopic (exact) mass is 353 g/mol. The van der Waals surface area contributed by atoms with Crippen LogP contribution in [0.2, 0.25) is 0 Å². The number of benzene rings is 2. The first-order chi connectivity index (χ1) is 12.0. The summed E-state index contributed by atoms with van der Waals surface area (Å²) < 4.78 is 0. The first kappa shape index (κ1) is 17.0. The van der Waals surface area contributed by atoms with Crippen LogP contribution in [0, 0.1) is 0 Å². The van der Waals surface area contributed by atoms with Crippen molar-refractivity contribution in [2.75, 3.05) is 10.6 Å². The Morgan fingerprint density at radius 1 is 1.20 bits per heavy atom. The number of carbonyl (C=O) groups excluding carboxylic acids is 1. The number of aromatic hydroxyl groups is 1. The topological polar surface area (TPSA) is 74.2 Å². The average molecular weight is 353 g/mol. The summed E-state index contributed by atoms with van der Waals surface area (Å²) in [6.07, 6.45) is 0. The second-order valence-electron chi connectivity index (χ2n) is 5.73. The molecule has 5 nitrogen and oxygen atoms in total. The van der Waals surface area contributed by atoms with Crippen molar-refractivity contribution in [2.24, 2.45) is 0 Å². The number of phenolic OH excluding ortho intramolecular Hbond substituents is 1. The van der Waals surface area contributed by atoms with Gasteiger partial charge in [0.05, 0.1) is 17.4 Å². The van der Waals surface area contributed by atoms with Crippen LogP contribution >= 0.6 is 11.3 Å². The molecule has 3 aromatic rings. The number of phenols is 1. The fourth-order valence-electron chi connectivity index (χ4n) is 2.47. The lowest BCUT2D eigenvalue weighted by molar-refractivity contribution is -0.114. The lowest BCUT2D eigenvalue weighted by atomic mass is 10.1. The summed E-state index contributed by atoms with van der Waals surface area (Å²) >= 11 is 1.52. The van der Waals surface area contributed by atoms with E-state index in [9.17, 15) is 9.90 Å². The summed E-state index contributed by atoms with van der Waals surface area (Å²) in [6.45, 7) is 3.49. The van der Waals surface area contributed by atoms with Gasteiger partial charge in [-0.2, -0.15) is 0 Å². The normalized spacial score (nSPS) is 11.8. The number of hydrogen-bond donors (Lipinski definition) is 3. The van der Waals surface area contributed by atoms with Crippen LogP contribution in [0.3, 0.4) is 0 Å². The van der Waals surface area contributed by atoms with E-state index >= 15 is 0 Å². The molecule has 0 radical (unpaired) electrons. The molecule has 25 heavy (non-hydrogen) atoms. The molecule has 0 aliphatic heterocycles. The molecule has 1 atom stereocenters. The highest BCUT2D eigenvalue weighted by Crippen LogP contribution is 2.32. The number of carbonyl (C=O) groups is 1. The zero-order valence-corrected chi connectivity index (χ0v) is 14.8. The van der Waals surface area contributed by atoms with Gasteiger partial charge in [0.1, 0.15) is 5.75 Å². The van der Waals surface area contributed by atoms with Gasteiger partial charge < -0.3 is 15.7 Å². The molecule has 3 N–H and O–H groups in total. The van der Waals surface area contributed by atoms with E-state index in [2.05, 4.69) is 34.7 Å². The highest BCUT2D eigenvalue weighted by atomic mass is 32.1. The van der Waals surface area contributed by atoms with Crippen molar-refractivity contribution in [1.29, 1.82) is 0 Å². The molecule has 0 saturated carbocycles. The number of anilines is 2. The molecular formula is C19H19N3O2S. The third kappa shape index (κ3) is 4.16. The van der Waals surface area contributed by atoms with E-state index < -0.39 is 0 Å². The predicted octanol–water partition coefficient (Wildman–Crippen LogP) is 4.65. The molecule has 128 valence electrons. The van der Waals surface area contributed by atoms with Crippen LogP contribution in [0.5, 0.6) is 5.75 Å². The maximum atomic E-state index is 11.2. The third-order valence-corrected chi connectivity index (χ3v) is 4.52. The molecule has 2 aromatic carbocycles. The number of hydrogen-bond acceptors (Lipinski definition) is 5. The van der Waals surface area contributed by atoms with Crippen molar-refractivity contribution in [2.45, 2.75) is 19.9 Å². The quantitative estimate of drug-likeness (QED) is 0.584. The van der Waals surface area contributed by atoms with Gasteiger partial charge in [-0.15, -0.1) is 11.3 Å². The second-order valence-corrected chi connectivity index (χ2v) is 6.59. The Balaban J connectivity index is 1.78. The lowest BCUT2D eigenvalue weighted by Crippen LogP contribution is -2.06. The molecule has 0 bridgehead atoms. The van der Waals surface area contributed by atoms with Crippen molar-refractivity contribution in [3.8, 4) is 17.0 Å². The van der Waals surface area contributed by atoms with Gasteiger partial charge in [-0.05, 0) is 30.7 Å². The molecule has 0 fully saturated rings. The molecule has 1 aromatic heterocycles. The largest absolute Gasteiger partial charge is 0.506 e. The number of nitrogens with one attached hydrogen (secondary N) is 2. The minimum Gasteiger partial charge on any atom is -0.506 e. The molecule has 1 heterocycles. The van der Waals surface area contributed by atoms with Crippen molar-refractivity contribution in [3.05, 3.63) is 59.5 Å². The van der Waals surface area contributed by atoms with E-state index in [4.69, 9.17) is 0 Å². The van der Waals surface area contributed by atoms with Crippen LogP contribution < -0.4 is 10.6 Å². The number of amides is 1. The van der Waals surface area contributed by atoms with Gasteiger partial charge in [-0.25, -0.2) is 4.98 Å². The predicted molar refractivity (Wildman–Crippen MR) is 102 cm³/mol. The van der Waals surface area contributed by atoms with Gasteiger partial charge >= 0.3 is 0 Å². The Morgan fingerprint density at radius 2 is 1.96 bits per heavy atom. The van der Waals surface area contributed by atoms with Crippen LogP contribution in [0.4, 0.5) is 10.8 Å². The Morgan fingerprint density at radius 3 is 2.68 bits per heavy atom. The molecule has 0 unspecified atom stereocenters. The number of aromatic nitrogens is 1. The minimum absolute atomic E-state index is 0.0326. The molecule has 1 amide bonds. The zero-order chi connectivity index (χ0) is 17.8. The van der Waals surface area contributed by atoms with Gasteiger partial charge in [0.15, 0.2) is 5.13 Å². The van der Waals surface area contributed by atoms with Gasteiger partial charge in [-0.3, -0.25) is 4.79 Å². The van der Waals surface area contributed by atoms with E-state index in [1.165, 1.54) is 23.8 Å². The minimum atomic E-state index is -0.232. The summed E-state index contributed by atoms with van der Waals surface area (Å²) in [5.74, 6) is -0.199. The highest BCUT2D eigenvalue weighted by Gasteiger charge is 2.11. The highest BCUT2D eigenvalue weighted by molar-refractivity contribution is 7.14. The Bertz CT molecular complexity index is 877. The summed E-state index contributed by atoms with van der Waals surface area (Å²) in [6, 6.07) is 15.4. The second kappa shape index (κ2) is 7.36. The van der Waals surface area contributed by atoms with Crippen LogP contribution in [-0.4, -0.2) is 16.0 Å². The maximum Gasteiger partial charge on any atom is 0.221 e. The van der Waals surface area contributed by atoms with E-state index in [1.54, 1.807) is 18.2 Å². The fraction of sp³-hybridized carbons (Fsp3) is 0.158. The van der Waals surface area contributed by atoms with Crippen LogP contribution in [0.1, 0.15) is 25.5 Å². The van der Waals surface area contributed by atoms with E-state index in [0.29, 0.717) is 5.69 Å². The van der Waals surface area contributed by atoms with Gasteiger partial charge in [0.2, 0.25) is 5.91 Å². The van der Waals surface area contributed by atoms with Gasteiger partial charge in [0.25, 0.3) is 0 Å². The fourth-order valence-corrected chi connectivity index (χ4v) is 3.28. The smallest absolute Gasteiger partial charge is 0.221 e. The Labute approximate surface area is 150 Å². The molecular weight excluding hydrogens is 334 g/mol. The van der Waals surface area contributed by atoms with Crippen molar-refractivity contribution < 1.29 is 9.90 Å². The van der Waals surface area contributed by atoms with Gasteiger partial charge in [-0.1, -0.05) is 30.3 Å². The first-order valence-corrected chi connectivity index (χ1v) is 8.79. The number of nitrogens with zero attached hydrogens (tertiary/aromatic N) is 1. The van der Waals surface area contributed by atoms with E-state index in [-0.39, 0.29) is 17.7 Å². The Hall–Kier alpha value is -2.86. The number of rotatable bonds is 5. The number of thiazole rings is 1. The van der Waals surface area contributed by atoms with Crippen molar-refractivity contribution in [1.82, 2.24) is 4.98 Å². The summed E-state index contributed by atoms with van der Waals surface area (Å²) in [5, 5.41) is 18.6. The molecule has 6 heteroatoms. The average Bonchev–Trinajstić information content (AvgIpc) is 3.05. The van der Waals surface area contributed by atoms with Crippen molar-refractivity contribution >= 4 is 28.1 Å². The molecule has 0 aliphatic carbocycles. The van der Waals surface area contributed by atoms with Crippen LogP contribution in [0.25, 0.3) is 11.3 Å². The van der Waals surface area contributed by atoms with Gasteiger partial charge in [0, 0.05) is 17.9 Å². The summed E-state index contributed by atoms with van der Waals surface area (Å²) in [4.78, 5) is 15.8. The first-order valence-electron chi connectivity index (χ1n) is 7.91. The SMILES string of the molecule is CC(=O)Nc1cc(-c2csc(N[C@H](C)c3ccccc3)n2)ccc1O. The maximum absolute atomic E-state index is 11.2. The molecule has 0 aliphatic rings. The molecule has 0 spiro atoms. The standard InChI is InChI=1S/C19H19N3O2S/c1-12(14-6-4-3-5-7-14)20-19-22-17(11-25-19)15-8-9-18(24)16(10-15)21-13(2)23/h3-12,24H,1-2H3,(H,20,22)(H,21,23)/t12-/m1/s1. The molecule has 0 saturated heterocycles. The van der Waals surface area contributed by atoms with Crippen LogP contribution in [0.15, 0.2) is 53.9 Å². The Kier molecular flexibility index (Phi) is 5.00. The zero-order valence-electron chi connectivity index (χ0n) is 14.0.